The predicted octanol–water partition coefficient (Wildman–Crippen LogP) is 2.36. The monoisotopic (exact) mass is 273 g/mol. The first-order valence-electron chi connectivity index (χ1n) is 6.64. The van der Waals surface area contributed by atoms with E-state index in [4.69, 9.17) is 16.0 Å². The molecule has 1 aliphatic carbocycles. The third kappa shape index (κ3) is 2.43. The molecule has 1 aliphatic rings. The number of rotatable bonds is 4. The lowest BCUT2D eigenvalue weighted by Gasteiger charge is -2.28. The molecule has 0 saturated heterocycles. The Hall–Kier alpha value is -2.17. The van der Waals surface area contributed by atoms with Gasteiger partial charge in [-0.25, -0.2) is 4.79 Å². The fraction of sp³-hybridized carbons (Fsp3) is 0.400. The number of nitrogens with zero attached hydrogens (tertiary/aromatic N) is 1. The molecule has 0 atom stereocenters. The molecule has 5 nitrogen and oxygen atoms in total. The molecule has 1 aromatic carbocycles. The lowest BCUT2D eigenvalue weighted by atomic mass is 9.76. The summed E-state index contributed by atoms with van der Waals surface area (Å²) in [6, 6.07) is 3.74. The van der Waals surface area contributed by atoms with Crippen LogP contribution in [0.5, 0.6) is 0 Å². The van der Waals surface area contributed by atoms with Gasteiger partial charge in [-0.15, -0.1) is 0 Å². The molecule has 0 aliphatic heterocycles. The van der Waals surface area contributed by atoms with Crippen molar-refractivity contribution in [2.24, 2.45) is 10.9 Å². The number of benzene rings is 1. The van der Waals surface area contributed by atoms with E-state index in [1.165, 1.54) is 13.5 Å². The Morgan fingerprint density at radius 1 is 1.45 bits per heavy atom. The first-order valence-corrected chi connectivity index (χ1v) is 6.64. The van der Waals surface area contributed by atoms with Gasteiger partial charge in [-0.1, -0.05) is 12.5 Å². The minimum Gasteiger partial charge on any atom is -0.465 e. The smallest absolute Gasteiger partial charge is 0.338 e. The van der Waals surface area contributed by atoms with E-state index in [0.717, 1.165) is 35.7 Å². The number of nitrogens with two attached hydrogens (primary N) is 1. The number of hydrogen-bond acceptors (Lipinski definition) is 5. The third-order valence-electron chi connectivity index (χ3n) is 3.90. The van der Waals surface area contributed by atoms with Crippen LogP contribution in [-0.2, 0) is 4.74 Å². The van der Waals surface area contributed by atoms with Gasteiger partial charge in [-0.05, 0) is 42.9 Å². The fourth-order valence-electron chi connectivity index (χ4n) is 2.52. The highest BCUT2D eigenvalue weighted by molar-refractivity contribution is 6.37. The first kappa shape index (κ1) is 14.2. The maximum atomic E-state index is 11.8. The van der Waals surface area contributed by atoms with Crippen molar-refractivity contribution in [3.05, 3.63) is 34.4 Å². The van der Waals surface area contributed by atoms with Crippen LogP contribution in [-0.4, -0.2) is 25.0 Å². The molecule has 0 amide bonds. The lowest BCUT2D eigenvalue weighted by molar-refractivity contribution is 0.0600. The van der Waals surface area contributed by atoms with Gasteiger partial charge in [0.2, 0.25) is 0 Å². The number of hydrazone groups is 1. The van der Waals surface area contributed by atoms with E-state index in [-0.39, 0.29) is 5.97 Å². The van der Waals surface area contributed by atoms with Gasteiger partial charge < -0.3 is 16.0 Å². The molecule has 1 aromatic rings. The maximum absolute atomic E-state index is 11.8. The molecule has 0 aromatic heterocycles. The fourth-order valence-corrected chi connectivity index (χ4v) is 2.52. The zero-order valence-electron chi connectivity index (χ0n) is 11.8. The highest BCUT2D eigenvalue weighted by atomic mass is 16.5. The average Bonchev–Trinajstić information content (AvgIpc) is 2.39. The summed E-state index contributed by atoms with van der Waals surface area (Å²) in [4.78, 5) is 11.8. The van der Waals surface area contributed by atoms with Gasteiger partial charge in [-0.2, -0.15) is 5.10 Å². The number of carbonyl (C=O) groups excluding carboxylic acids is 1. The van der Waals surface area contributed by atoms with E-state index in [0.29, 0.717) is 17.2 Å². The van der Waals surface area contributed by atoms with Crippen molar-refractivity contribution < 1.29 is 9.53 Å². The van der Waals surface area contributed by atoms with E-state index in [1.807, 2.05) is 13.0 Å². The quantitative estimate of drug-likeness (QED) is 0.382. The van der Waals surface area contributed by atoms with Gasteiger partial charge in [0.05, 0.1) is 12.7 Å². The highest BCUT2D eigenvalue weighted by Crippen LogP contribution is 2.39. The van der Waals surface area contributed by atoms with Crippen molar-refractivity contribution in [3.8, 4) is 0 Å². The molecule has 2 rings (SSSR count). The molecule has 0 spiro atoms. The van der Waals surface area contributed by atoms with Crippen LogP contribution in [0.1, 0.15) is 52.2 Å². The molecule has 0 radical (unpaired) electrons. The summed E-state index contributed by atoms with van der Waals surface area (Å²) in [5.41, 5.74) is 3.64. The third-order valence-corrected chi connectivity index (χ3v) is 3.90. The molecule has 0 unspecified atom stereocenters. The minimum absolute atomic E-state index is 0.384. The number of carbonyl (C=O) groups is 1. The Kier molecular flexibility index (Phi) is 4.17. The van der Waals surface area contributed by atoms with Gasteiger partial charge in [0, 0.05) is 11.8 Å². The maximum Gasteiger partial charge on any atom is 0.338 e. The van der Waals surface area contributed by atoms with Crippen LogP contribution >= 0.6 is 0 Å². The van der Waals surface area contributed by atoms with E-state index < -0.39 is 0 Å². The molecular weight excluding hydrogens is 254 g/mol. The van der Waals surface area contributed by atoms with Crippen LogP contribution in [0.2, 0.25) is 0 Å². The van der Waals surface area contributed by atoms with Crippen LogP contribution in [0, 0.1) is 12.3 Å². The Bertz CT molecular complexity index is 575. The second-order valence-electron chi connectivity index (χ2n) is 5.03. The average molecular weight is 273 g/mol. The number of ether oxygens (including phenoxy) is 1. The molecule has 0 bridgehead atoms. The zero-order valence-corrected chi connectivity index (χ0v) is 11.8. The summed E-state index contributed by atoms with van der Waals surface area (Å²) >= 11 is 0. The number of hydrogen-bond donors (Lipinski definition) is 2. The van der Waals surface area contributed by atoms with Gasteiger partial charge in [-0.3, -0.25) is 0 Å². The predicted molar refractivity (Wildman–Crippen MR) is 78.6 cm³/mol. The van der Waals surface area contributed by atoms with Crippen LogP contribution in [0.25, 0.3) is 0 Å². The molecule has 0 heterocycles. The van der Waals surface area contributed by atoms with Crippen molar-refractivity contribution in [1.29, 1.82) is 5.41 Å². The van der Waals surface area contributed by atoms with Crippen molar-refractivity contribution in [2.75, 3.05) is 7.11 Å². The van der Waals surface area contributed by atoms with Crippen molar-refractivity contribution in [3.63, 3.8) is 0 Å². The Morgan fingerprint density at radius 3 is 2.60 bits per heavy atom. The topological polar surface area (TPSA) is 88.5 Å². The number of esters is 1. The second kappa shape index (κ2) is 5.86. The van der Waals surface area contributed by atoms with Crippen LogP contribution < -0.4 is 5.84 Å². The number of nitrogens with one attached hydrogen (secondary N) is 1. The van der Waals surface area contributed by atoms with E-state index in [9.17, 15) is 4.79 Å². The second-order valence-corrected chi connectivity index (χ2v) is 5.03. The van der Waals surface area contributed by atoms with E-state index in [2.05, 4.69) is 5.10 Å². The number of methoxy groups -OCH3 is 1. The molecule has 106 valence electrons. The molecule has 5 heteroatoms. The summed E-state index contributed by atoms with van der Waals surface area (Å²) < 4.78 is 4.79. The van der Waals surface area contributed by atoms with Crippen LogP contribution in [0.15, 0.2) is 17.2 Å². The largest absolute Gasteiger partial charge is 0.465 e. The van der Waals surface area contributed by atoms with E-state index in [1.54, 1.807) is 6.07 Å². The molecular formula is C15H19N3O2. The standard InChI is InChI=1S/C15H19N3O2/c1-9-6-12(10-4-3-5-10)13(14(8-16)18-17)7-11(9)15(19)20-2/h6-8,10,16H,3-5,17H2,1-2H3/b16-8?,18-14+. The van der Waals surface area contributed by atoms with Gasteiger partial charge in [0.1, 0.15) is 5.71 Å². The molecule has 3 N–H and O–H groups in total. The SMILES string of the molecule is COC(=O)c1cc(/C(C=N)=N/N)c(C2CCC2)cc1C. The normalized spacial score (nSPS) is 15.6. The summed E-state index contributed by atoms with van der Waals surface area (Å²) in [6.07, 6.45) is 4.58. The number of aryl methyl sites for hydroxylation is 1. The summed E-state index contributed by atoms with van der Waals surface area (Å²) in [5, 5.41) is 11.1. The van der Waals surface area contributed by atoms with Crippen LogP contribution in [0.4, 0.5) is 0 Å². The molecule has 20 heavy (non-hydrogen) atoms. The summed E-state index contributed by atoms with van der Waals surface area (Å²) in [6.45, 7) is 1.89. The lowest BCUT2D eigenvalue weighted by Crippen LogP contribution is -2.18. The summed E-state index contributed by atoms with van der Waals surface area (Å²) in [5.74, 6) is 5.44. The molecule has 1 fully saturated rings. The van der Waals surface area contributed by atoms with Gasteiger partial charge in [0.25, 0.3) is 0 Å². The summed E-state index contributed by atoms with van der Waals surface area (Å²) in [7, 11) is 1.36. The van der Waals surface area contributed by atoms with E-state index >= 15 is 0 Å². The van der Waals surface area contributed by atoms with Crippen molar-refractivity contribution in [1.82, 2.24) is 0 Å². The van der Waals surface area contributed by atoms with Gasteiger partial charge in [0.15, 0.2) is 0 Å². The Balaban J connectivity index is 2.59. The van der Waals surface area contributed by atoms with Gasteiger partial charge >= 0.3 is 5.97 Å². The Morgan fingerprint density at radius 2 is 2.15 bits per heavy atom. The van der Waals surface area contributed by atoms with Crippen LogP contribution in [0.3, 0.4) is 0 Å². The minimum atomic E-state index is -0.384. The Labute approximate surface area is 118 Å². The first-order chi connectivity index (χ1) is 9.62. The molecule has 1 saturated carbocycles. The van der Waals surface area contributed by atoms with Crippen molar-refractivity contribution >= 4 is 17.9 Å². The van der Waals surface area contributed by atoms with Crippen molar-refractivity contribution in [2.45, 2.75) is 32.1 Å². The zero-order chi connectivity index (χ0) is 14.7. The highest BCUT2D eigenvalue weighted by Gasteiger charge is 2.25.